The van der Waals surface area contributed by atoms with Crippen LogP contribution in [0.5, 0.6) is 17.2 Å². The predicted octanol–water partition coefficient (Wildman–Crippen LogP) is 2.57. The number of rotatable bonds is 4. The molecule has 3 atom stereocenters. The largest absolute Gasteiger partial charge is 0.496 e. The van der Waals surface area contributed by atoms with Crippen LogP contribution in [-0.4, -0.2) is 33.4 Å². The maximum Gasteiger partial charge on any atom is 0.164 e. The maximum absolute atomic E-state index is 5.52. The van der Waals surface area contributed by atoms with E-state index in [-0.39, 0.29) is 0 Å². The summed E-state index contributed by atoms with van der Waals surface area (Å²) in [7, 11) is 4.99. The lowest BCUT2D eigenvalue weighted by atomic mass is 9.90. The van der Waals surface area contributed by atoms with E-state index < -0.39 is 0 Å². The first kappa shape index (κ1) is 14.0. The van der Waals surface area contributed by atoms with Crippen LogP contribution in [0.4, 0.5) is 0 Å². The molecule has 0 aliphatic carbocycles. The van der Waals surface area contributed by atoms with Crippen LogP contribution in [0.3, 0.4) is 0 Å². The van der Waals surface area contributed by atoms with Gasteiger partial charge in [-0.05, 0) is 26.3 Å². The van der Waals surface area contributed by atoms with Gasteiger partial charge in [-0.25, -0.2) is 0 Å². The summed E-state index contributed by atoms with van der Waals surface area (Å²) < 4.78 is 16.2. The summed E-state index contributed by atoms with van der Waals surface area (Å²) in [4.78, 5) is 0. The van der Waals surface area contributed by atoms with Crippen molar-refractivity contribution in [3.8, 4) is 17.2 Å². The molecule has 2 rings (SSSR count). The van der Waals surface area contributed by atoms with E-state index in [9.17, 15) is 0 Å². The molecule has 0 saturated carbocycles. The molecule has 4 heteroatoms. The highest BCUT2D eigenvalue weighted by Gasteiger charge is 2.32. The van der Waals surface area contributed by atoms with Crippen molar-refractivity contribution in [3.05, 3.63) is 17.7 Å². The van der Waals surface area contributed by atoms with Crippen LogP contribution in [0.15, 0.2) is 12.1 Å². The number of benzene rings is 1. The van der Waals surface area contributed by atoms with Crippen molar-refractivity contribution >= 4 is 0 Å². The summed E-state index contributed by atoms with van der Waals surface area (Å²) in [6.07, 6.45) is 1.10. The van der Waals surface area contributed by atoms with E-state index in [1.165, 1.54) is 5.56 Å². The Labute approximate surface area is 115 Å². The van der Waals surface area contributed by atoms with Gasteiger partial charge in [-0.15, -0.1) is 0 Å². The Hall–Kier alpha value is -1.42. The zero-order valence-corrected chi connectivity index (χ0v) is 12.3. The lowest BCUT2D eigenvalue weighted by Gasteiger charge is -2.20. The molecular formula is C15H23NO3. The first-order chi connectivity index (χ1) is 9.10. The Balaban J connectivity index is 2.43. The molecule has 19 heavy (non-hydrogen) atoms. The van der Waals surface area contributed by atoms with Crippen LogP contribution in [0.1, 0.15) is 31.7 Å². The lowest BCUT2D eigenvalue weighted by molar-refractivity contribution is 0.346. The van der Waals surface area contributed by atoms with Gasteiger partial charge < -0.3 is 19.5 Å². The summed E-state index contributed by atoms with van der Waals surface area (Å²) >= 11 is 0. The van der Waals surface area contributed by atoms with Crippen molar-refractivity contribution < 1.29 is 14.2 Å². The molecule has 4 nitrogen and oxygen atoms in total. The van der Waals surface area contributed by atoms with Crippen molar-refractivity contribution in [2.45, 2.75) is 38.3 Å². The van der Waals surface area contributed by atoms with Gasteiger partial charge in [0.25, 0.3) is 0 Å². The Bertz CT molecular complexity index is 447. The van der Waals surface area contributed by atoms with Crippen molar-refractivity contribution in [3.63, 3.8) is 0 Å². The van der Waals surface area contributed by atoms with Gasteiger partial charge in [0.1, 0.15) is 5.75 Å². The third-order valence-electron chi connectivity index (χ3n) is 3.89. The molecule has 1 aliphatic rings. The van der Waals surface area contributed by atoms with Gasteiger partial charge in [0, 0.05) is 29.6 Å². The second-order valence-electron chi connectivity index (χ2n) is 5.15. The van der Waals surface area contributed by atoms with E-state index in [1.54, 1.807) is 21.3 Å². The van der Waals surface area contributed by atoms with Gasteiger partial charge in [0.2, 0.25) is 0 Å². The highest BCUT2D eigenvalue weighted by Crippen LogP contribution is 2.42. The molecule has 1 saturated heterocycles. The summed E-state index contributed by atoms with van der Waals surface area (Å²) in [5, 5.41) is 3.56. The summed E-state index contributed by atoms with van der Waals surface area (Å²) in [5.41, 5.74) is 1.18. The molecule has 0 aromatic heterocycles. The summed E-state index contributed by atoms with van der Waals surface area (Å²) in [6, 6.07) is 4.91. The van der Waals surface area contributed by atoms with E-state index in [2.05, 4.69) is 19.2 Å². The third kappa shape index (κ3) is 2.63. The summed E-state index contributed by atoms with van der Waals surface area (Å²) in [6.45, 7) is 4.42. The highest BCUT2D eigenvalue weighted by atomic mass is 16.5. The minimum atomic E-state index is 0.432. The fourth-order valence-electron chi connectivity index (χ4n) is 2.96. The van der Waals surface area contributed by atoms with Gasteiger partial charge in [-0.1, -0.05) is 0 Å². The quantitative estimate of drug-likeness (QED) is 0.908. The molecule has 1 fully saturated rings. The second kappa shape index (κ2) is 5.70. The molecule has 0 radical (unpaired) electrons. The average molecular weight is 265 g/mol. The SMILES string of the molecule is COc1cc(OC)c(C2CC(C)NC2C)cc1OC. The maximum atomic E-state index is 5.52. The molecule has 1 N–H and O–H groups in total. The second-order valence-corrected chi connectivity index (χ2v) is 5.15. The van der Waals surface area contributed by atoms with Crippen LogP contribution >= 0.6 is 0 Å². The fourth-order valence-corrected chi connectivity index (χ4v) is 2.96. The van der Waals surface area contributed by atoms with Gasteiger partial charge in [-0.3, -0.25) is 0 Å². The zero-order chi connectivity index (χ0) is 14.0. The minimum absolute atomic E-state index is 0.432. The number of ether oxygens (including phenoxy) is 3. The Morgan fingerprint density at radius 2 is 1.53 bits per heavy atom. The summed E-state index contributed by atoms with van der Waals surface area (Å²) in [5.74, 6) is 2.76. The average Bonchev–Trinajstić information content (AvgIpc) is 2.75. The number of hydrogen-bond acceptors (Lipinski definition) is 4. The Morgan fingerprint density at radius 1 is 0.947 bits per heavy atom. The van der Waals surface area contributed by atoms with E-state index in [4.69, 9.17) is 14.2 Å². The minimum Gasteiger partial charge on any atom is -0.496 e. The van der Waals surface area contributed by atoms with Crippen molar-refractivity contribution in [2.24, 2.45) is 0 Å². The van der Waals surface area contributed by atoms with E-state index in [0.29, 0.717) is 23.8 Å². The van der Waals surface area contributed by atoms with Crippen LogP contribution in [-0.2, 0) is 0 Å². The van der Waals surface area contributed by atoms with Gasteiger partial charge in [-0.2, -0.15) is 0 Å². The molecule has 1 aliphatic heterocycles. The number of hydrogen-bond donors (Lipinski definition) is 1. The Kier molecular flexibility index (Phi) is 4.20. The molecule has 0 spiro atoms. The number of nitrogens with one attached hydrogen (secondary N) is 1. The van der Waals surface area contributed by atoms with E-state index in [0.717, 1.165) is 17.9 Å². The highest BCUT2D eigenvalue weighted by molar-refractivity contribution is 5.52. The lowest BCUT2D eigenvalue weighted by Crippen LogP contribution is -2.26. The van der Waals surface area contributed by atoms with Crippen molar-refractivity contribution in [2.75, 3.05) is 21.3 Å². The molecule has 1 aromatic rings. The van der Waals surface area contributed by atoms with Gasteiger partial charge in [0.15, 0.2) is 11.5 Å². The smallest absolute Gasteiger partial charge is 0.164 e. The van der Waals surface area contributed by atoms with Crippen molar-refractivity contribution in [1.29, 1.82) is 0 Å². The molecule has 3 unspecified atom stereocenters. The third-order valence-corrected chi connectivity index (χ3v) is 3.89. The Morgan fingerprint density at radius 3 is 2.00 bits per heavy atom. The standard InChI is InChI=1S/C15H23NO3/c1-9-6-11(10(2)16-9)12-7-14(18-4)15(19-5)8-13(12)17-3/h7-11,16H,6H2,1-5H3. The first-order valence-electron chi connectivity index (χ1n) is 6.66. The van der Waals surface area contributed by atoms with Gasteiger partial charge in [0.05, 0.1) is 21.3 Å². The number of methoxy groups -OCH3 is 3. The predicted molar refractivity (Wildman–Crippen MR) is 75.5 cm³/mol. The molecule has 106 valence electrons. The molecule has 1 aromatic carbocycles. The van der Waals surface area contributed by atoms with Crippen LogP contribution in [0.25, 0.3) is 0 Å². The van der Waals surface area contributed by atoms with Crippen LogP contribution in [0, 0.1) is 0 Å². The molecular weight excluding hydrogens is 242 g/mol. The zero-order valence-electron chi connectivity index (χ0n) is 12.3. The van der Waals surface area contributed by atoms with E-state index in [1.807, 2.05) is 12.1 Å². The van der Waals surface area contributed by atoms with Crippen LogP contribution < -0.4 is 19.5 Å². The first-order valence-corrected chi connectivity index (χ1v) is 6.66. The van der Waals surface area contributed by atoms with Crippen LogP contribution in [0.2, 0.25) is 0 Å². The molecule has 1 heterocycles. The van der Waals surface area contributed by atoms with E-state index >= 15 is 0 Å². The molecule has 0 amide bonds. The monoisotopic (exact) mass is 265 g/mol. The topological polar surface area (TPSA) is 39.7 Å². The fraction of sp³-hybridized carbons (Fsp3) is 0.600. The normalized spacial score (nSPS) is 26.3. The van der Waals surface area contributed by atoms with Crippen molar-refractivity contribution in [1.82, 2.24) is 5.32 Å². The van der Waals surface area contributed by atoms with Gasteiger partial charge >= 0.3 is 0 Å². The molecule has 0 bridgehead atoms.